The molecule has 8 heteroatoms. The summed E-state index contributed by atoms with van der Waals surface area (Å²) in [7, 11) is 0. The van der Waals surface area contributed by atoms with E-state index < -0.39 is 17.5 Å². The lowest BCUT2D eigenvalue weighted by Crippen LogP contribution is -2.28. The Hall–Kier alpha value is -3.55. The third-order valence-corrected chi connectivity index (χ3v) is 3.92. The quantitative estimate of drug-likeness (QED) is 0.586. The minimum atomic E-state index is -1.07. The lowest BCUT2D eigenvalue weighted by molar-refractivity contribution is 0.0946. The number of nitrogens with one attached hydrogen (secondary N) is 1. The molecule has 0 unspecified atom stereocenters. The molecule has 3 aromatic rings. The van der Waals surface area contributed by atoms with Crippen molar-refractivity contribution < 1.29 is 23.0 Å². The van der Waals surface area contributed by atoms with Gasteiger partial charge in [0.2, 0.25) is 5.88 Å². The first-order valence-corrected chi connectivity index (χ1v) is 9.00. The summed E-state index contributed by atoms with van der Waals surface area (Å²) in [4.78, 5) is 11.9. The molecular formula is C21H19F2N3O3. The van der Waals surface area contributed by atoms with Gasteiger partial charge in [-0.25, -0.2) is 8.78 Å². The van der Waals surface area contributed by atoms with Crippen LogP contribution in [0.25, 0.3) is 11.3 Å². The summed E-state index contributed by atoms with van der Waals surface area (Å²) in [5.41, 5.74) is 1.61. The highest BCUT2D eigenvalue weighted by molar-refractivity contribution is 5.94. The van der Waals surface area contributed by atoms with Gasteiger partial charge < -0.3 is 14.8 Å². The fourth-order valence-corrected chi connectivity index (χ4v) is 2.50. The smallest absolute Gasteiger partial charge is 0.251 e. The van der Waals surface area contributed by atoms with Gasteiger partial charge in [0.25, 0.3) is 5.91 Å². The molecule has 2 aromatic carbocycles. The number of benzene rings is 2. The molecule has 0 aliphatic carbocycles. The molecule has 3 rings (SSSR count). The summed E-state index contributed by atoms with van der Waals surface area (Å²) >= 11 is 0. The van der Waals surface area contributed by atoms with E-state index in [0.717, 1.165) is 23.4 Å². The average Bonchev–Trinajstić information content (AvgIpc) is 2.74. The number of ether oxygens (including phenoxy) is 2. The summed E-state index contributed by atoms with van der Waals surface area (Å²) in [6, 6.07) is 13.9. The topological polar surface area (TPSA) is 73.3 Å². The van der Waals surface area contributed by atoms with Gasteiger partial charge >= 0.3 is 0 Å². The first-order valence-electron chi connectivity index (χ1n) is 9.00. The van der Waals surface area contributed by atoms with Gasteiger partial charge in [-0.3, -0.25) is 4.79 Å². The third kappa shape index (κ3) is 5.47. The van der Waals surface area contributed by atoms with Crippen LogP contribution in [-0.2, 0) is 0 Å². The molecule has 0 bridgehead atoms. The molecule has 1 aromatic heterocycles. The second-order valence-electron chi connectivity index (χ2n) is 5.95. The Morgan fingerprint density at radius 2 is 1.76 bits per heavy atom. The van der Waals surface area contributed by atoms with E-state index in [0.29, 0.717) is 18.2 Å². The minimum Gasteiger partial charge on any atom is -0.494 e. The van der Waals surface area contributed by atoms with Crippen LogP contribution >= 0.6 is 0 Å². The van der Waals surface area contributed by atoms with Crippen LogP contribution in [0, 0.1) is 11.6 Å². The monoisotopic (exact) mass is 399 g/mol. The van der Waals surface area contributed by atoms with Crippen LogP contribution in [0.15, 0.2) is 54.6 Å². The Labute approximate surface area is 166 Å². The van der Waals surface area contributed by atoms with E-state index in [9.17, 15) is 13.6 Å². The van der Waals surface area contributed by atoms with Crippen molar-refractivity contribution in [1.29, 1.82) is 0 Å². The van der Waals surface area contributed by atoms with Crippen molar-refractivity contribution in [2.45, 2.75) is 6.92 Å². The van der Waals surface area contributed by atoms with E-state index in [2.05, 4.69) is 15.5 Å². The third-order valence-electron chi connectivity index (χ3n) is 3.92. The van der Waals surface area contributed by atoms with Gasteiger partial charge in [0, 0.05) is 17.2 Å². The molecule has 1 amide bonds. The second kappa shape index (κ2) is 9.59. The van der Waals surface area contributed by atoms with Gasteiger partial charge in [-0.15, -0.1) is 10.2 Å². The number of carbonyl (C=O) groups excluding carboxylic acids is 1. The summed E-state index contributed by atoms with van der Waals surface area (Å²) < 4.78 is 36.9. The number of carbonyl (C=O) groups is 1. The molecule has 29 heavy (non-hydrogen) atoms. The number of halogens is 2. The van der Waals surface area contributed by atoms with Crippen molar-refractivity contribution in [3.05, 3.63) is 71.8 Å². The standard InChI is InChI=1S/C21H19F2N3O3/c1-2-28-16-6-3-14(4-7-16)19-9-10-20(26-25-19)29-12-11-24-21(27)15-5-8-17(22)18(23)13-15/h3-10,13H,2,11-12H2,1H3,(H,24,27). The highest BCUT2D eigenvalue weighted by Gasteiger charge is 2.09. The number of rotatable bonds is 8. The Morgan fingerprint density at radius 1 is 0.966 bits per heavy atom. The minimum absolute atomic E-state index is 0.0309. The zero-order valence-electron chi connectivity index (χ0n) is 15.7. The van der Waals surface area contributed by atoms with Gasteiger partial charge in [-0.2, -0.15) is 0 Å². The summed E-state index contributed by atoms with van der Waals surface area (Å²) in [6.45, 7) is 2.84. The first kappa shape index (κ1) is 20.2. The predicted molar refractivity (Wildman–Crippen MR) is 103 cm³/mol. The molecule has 6 nitrogen and oxygen atoms in total. The molecular weight excluding hydrogens is 380 g/mol. The highest BCUT2D eigenvalue weighted by atomic mass is 19.2. The van der Waals surface area contributed by atoms with Crippen molar-refractivity contribution in [3.63, 3.8) is 0 Å². The Kier molecular flexibility index (Phi) is 6.67. The van der Waals surface area contributed by atoms with Crippen LogP contribution in [0.1, 0.15) is 17.3 Å². The second-order valence-corrected chi connectivity index (χ2v) is 5.95. The van der Waals surface area contributed by atoms with E-state index in [1.54, 1.807) is 12.1 Å². The molecule has 0 spiro atoms. The van der Waals surface area contributed by atoms with E-state index in [4.69, 9.17) is 9.47 Å². The SMILES string of the molecule is CCOc1ccc(-c2ccc(OCCNC(=O)c3ccc(F)c(F)c3)nn2)cc1. The van der Waals surface area contributed by atoms with Crippen molar-refractivity contribution >= 4 is 5.91 Å². The van der Waals surface area contributed by atoms with E-state index in [1.165, 1.54) is 6.07 Å². The maximum Gasteiger partial charge on any atom is 0.251 e. The van der Waals surface area contributed by atoms with Gasteiger partial charge in [-0.1, -0.05) is 0 Å². The molecule has 150 valence electrons. The molecule has 0 fully saturated rings. The average molecular weight is 399 g/mol. The normalized spacial score (nSPS) is 10.4. The Bertz CT molecular complexity index is 964. The molecule has 0 atom stereocenters. The van der Waals surface area contributed by atoms with E-state index in [-0.39, 0.29) is 18.7 Å². The van der Waals surface area contributed by atoms with Crippen LogP contribution < -0.4 is 14.8 Å². The Morgan fingerprint density at radius 3 is 2.41 bits per heavy atom. The van der Waals surface area contributed by atoms with Crippen LogP contribution in [0.2, 0.25) is 0 Å². The number of aromatic nitrogens is 2. The van der Waals surface area contributed by atoms with Crippen LogP contribution in [0.5, 0.6) is 11.6 Å². The number of hydrogen-bond donors (Lipinski definition) is 1. The summed E-state index contributed by atoms with van der Waals surface area (Å²) in [6.07, 6.45) is 0. The molecule has 1 heterocycles. The number of amides is 1. The zero-order valence-corrected chi connectivity index (χ0v) is 15.7. The number of nitrogens with zero attached hydrogens (tertiary/aromatic N) is 2. The molecule has 0 radical (unpaired) electrons. The van der Waals surface area contributed by atoms with Crippen LogP contribution in [-0.4, -0.2) is 35.9 Å². The Balaban J connectivity index is 1.47. The van der Waals surface area contributed by atoms with Gasteiger partial charge in [0.1, 0.15) is 12.4 Å². The predicted octanol–water partition coefficient (Wildman–Crippen LogP) is 3.63. The summed E-state index contributed by atoms with van der Waals surface area (Å²) in [5, 5.41) is 10.7. The van der Waals surface area contributed by atoms with Gasteiger partial charge in [0.15, 0.2) is 11.6 Å². The lowest BCUT2D eigenvalue weighted by atomic mass is 10.1. The van der Waals surface area contributed by atoms with Crippen molar-refractivity contribution in [1.82, 2.24) is 15.5 Å². The first-order chi connectivity index (χ1) is 14.1. The van der Waals surface area contributed by atoms with Crippen molar-refractivity contribution in [3.8, 4) is 22.9 Å². The molecule has 0 aliphatic rings. The molecule has 0 saturated heterocycles. The lowest BCUT2D eigenvalue weighted by Gasteiger charge is -2.08. The van der Waals surface area contributed by atoms with E-state index >= 15 is 0 Å². The van der Waals surface area contributed by atoms with E-state index in [1.807, 2.05) is 31.2 Å². The van der Waals surface area contributed by atoms with Gasteiger partial charge in [0.05, 0.1) is 18.8 Å². The number of hydrogen-bond acceptors (Lipinski definition) is 5. The maximum atomic E-state index is 13.2. The van der Waals surface area contributed by atoms with Crippen molar-refractivity contribution in [2.24, 2.45) is 0 Å². The van der Waals surface area contributed by atoms with Crippen LogP contribution in [0.4, 0.5) is 8.78 Å². The fourth-order valence-electron chi connectivity index (χ4n) is 2.50. The zero-order chi connectivity index (χ0) is 20.6. The fraction of sp³-hybridized carbons (Fsp3) is 0.190. The molecule has 1 N–H and O–H groups in total. The molecule has 0 saturated carbocycles. The molecule has 0 aliphatic heterocycles. The summed E-state index contributed by atoms with van der Waals surface area (Å²) in [5.74, 6) is -1.50. The van der Waals surface area contributed by atoms with Crippen molar-refractivity contribution in [2.75, 3.05) is 19.8 Å². The maximum absolute atomic E-state index is 13.2. The van der Waals surface area contributed by atoms with Gasteiger partial charge in [-0.05, 0) is 55.5 Å². The highest BCUT2D eigenvalue weighted by Crippen LogP contribution is 2.21. The largest absolute Gasteiger partial charge is 0.494 e. The van der Waals surface area contributed by atoms with Crippen LogP contribution in [0.3, 0.4) is 0 Å².